The first kappa shape index (κ1) is 21.1. The lowest BCUT2D eigenvalue weighted by Gasteiger charge is -2.09. The molecule has 0 radical (unpaired) electrons. The second kappa shape index (κ2) is 9.76. The van der Waals surface area contributed by atoms with Crippen molar-refractivity contribution >= 4 is 45.0 Å². The summed E-state index contributed by atoms with van der Waals surface area (Å²) in [7, 11) is 3.19. The molecule has 0 aliphatic rings. The maximum Gasteiger partial charge on any atom is 0.226 e. The predicted molar refractivity (Wildman–Crippen MR) is 122 cm³/mol. The van der Waals surface area contributed by atoms with Crippen LogP contribution in [0, 0.1) is 0 Å². The number of hydrogen-bond donors (Lipinski definition) is 1. The smallest absolute Gasteiger partial charge is 0.226 e. The number of fused-ring (bicyclic) bond motifs is 1. The Morgan fingerprint density at radius 1 is 1.06 bits per heavy atom. The van der Waals surface area contributed by atoms with Crippen molar-refractivity contribution in [2.75, 3.05) is 19.5 Å². The number of carbonyl (C=O) groups excluding carboxylic acids is 1. The number of hydrogen-bond acceptors (Lipinski definition) is 8. The summed E-state index contributed by atoms with van der Waals surface area (Å²) in [5, 5.41) is 12.7. The van der Waals surface area contributed by atoms with E-state index in [1.54, 1.807) is 20.4 Å². The van der Waals surface area contributed by atoms with Crippen LogP contribution >= 0.6 is 23.1 Å². The van der Waals surface area contributed by atoms with Crippen LogP contribution in [0.2, 0.25) is 0 Å². The number of benzene rings is 2. The number of amides is 1. The highest BCUT2D eigenvalue weighted by Gasteiger charge is 2.12. The number of aromatic nitrogens is 3. The molecule has 0 aliphatic carbocycles. The predicted octanol–water partition coefficient (Wildman–Crippen LogP) is 4.83. The molecule has 0 saturated carbocycles. The maximum atomic E-state index is 12.4. The second-order valence-corrected chi connectivity index (χ2v) is 8.81. The summed E-state index contributed by atoms with van der Waals surface area (Å²) >= 11 is 2.86. The highest BCUT2D eigenvalue weighted by Crippen LogP contribution is 2.35. The number of carbonyl (C=O) groups is 1. The van der Waals surface area contributed by atoms with E-state index in [9.17, 15) is 4.79 Å². The van der Waals surface area contributed by atoms with Gasteiger partial charge in [-0.2, -0.15) is 0 Å². The summed E-state index contributed by atoms with van der Waals surface area (Å²) in [6, 6.07) is 15.5. The van der Waals surface area contributed by atoms with Gasteiger partial charge in [0.05, 0.1) is 19.7 Å². The lowest BCUT2D eigenvalue weighted by atomic mass is 10.1. The number of ether oxygens (including phenoxy) is 2. The Morgan fingerprint density at radius 2 is 1.90 bits per heavy atom. The van der Waals surface area contributed by atoms with Crippen LogP contribution in [0.3, 0.4) is 0 Å². The van der Waals surface area contributed by atoms with Gasteiger partial charge in [-0.25, -0.2) is 0 Å². The first-order chi connectivity index (χ1) is 15.2. The monoisotopic (exact) mass is 452 g/mol. The topological polar surface area (TPSA) is 86.2 Å². The van der Waals surface area contributed by atoms with Gasteiger partial charge in [0.2, 0.25) is 11.0 Å². The zero-order valence-corrected chi connectivity index (χ0v) is 18.6. The summed E-state index contributed by atoms with van der Waals surface area (Å²) in [4.78, 5) is 17.8. The van der Waals surface area contributed by atoms with Crippen molar-refractivity contribution < 1.29 is 14.3 Å². The molecule has 4 rings (SSSR count). The summed E-state index contributed by atoms with van der Waals surface area (Å²) in [5.74, 6) is 1.20. The zero-order chi connectivity index (χ0) is 21.6. The van der Waals surface area contributed by atoms with Gasteiger partial charge in [-0.3, -0.25) is 9.78 Å². The molecule has 0 spiro atoms. The Morgan fingerprint density at radius 3 is 2.74 bits per heavy atom. The number of nitrogens with zero attached hydrogens (tertiary/aromatic N) is 3. The molecule has 1 amide bonds. The molecular weight excluding hydrogens is 432 g/mol. The first-order valence-electron chi connectivity index (χ1n) is 9.52. The molecule has 0 aliphatic heterocycles. The Labute approximate surface area is 187 Å². The number of aryl methyl sites for hydroxylation is 1. The van der Waals surface area contributed by atoms with Gasteiger partial charge < -0.3 is 14.8 Å². The second-order valence-electron chi connectivity index (χ2n) is 6.54. The molecule has 0 bridgehead atoms. The lowest BCUT2D eigenvalue weighted by molar-refractivity contribution is -0.116. The average Bonchev–Trinajstić information content (AvgIpc) is 3.24. The van der Waals surface area contributed by atoms with Gasteiger partial charge in [0.25, 0.3) is 0 Å². The standard InChI is InChI=1S/C22H20N4O3S2/c1-28-17-9-7-14(13-18(17)29-2)8-10-20(27)24-21-25-26-22(31-21)30-19-11-12-23-16-6-4-3-5-15(16)19/h3-7,9,11-13H,8,10H2,1-2H3,(H,24,25,27). The molecule has 7 nitrogen and oxygen atoms in total. The van der Waals surface area contributed by atoms with Crippen molar-refractivity contribution in [3.63, 3.8) is 0 Å². The number of para-hydroxylation sites is 1. The molecule has 2 aromatic heterocycles. The van der Waals surface area contributed by atoms with Crippen LogP contribution in [0.4, 0.5) is 5.13 Å². The minimum Gasteiger partial charge on any atom is -0.493 e. The van der Waals surface area contributed by atoms with Crippen LogP contribution in [-0.2, 0) is 11.2 Å². The minimum atomic E-state index is -0.114. The van der Waals surface area contributed by atoms with Gasteiger partial charge in [-0.1, -0.05) is 47.4 Å². The number of pyridine rings is 1. The molecule has 0 saturated heterocycles. The molecular formula is C22H20N4O3S2. The van der Waals surface area contributed by atoms with Crippen molar-refractivity contribution in [1.82, 2.24) is 15.2 Å². The van der Waals surface area contributed by atoms with Crippen LogP contribution in [0.5, 0.6) is 11.5 Å². The highest BCUT2D eigenvalue weighted by molar-refractivity contribution is 8.01. The molecule has 0 unspecified atom stereocenters. The van der Waals surface area contributed by atoms with E-state index in [-0.39, 0.29) is 5.91 Å². The number of methoxy groups -OCH3 is 2. The molecule has 2 heterocycles. The van der Waals surface area contributed by atoms with Gasteiger partial charge in [0, 0.05) is 22.9 Å². The van der Waals surface area contributed by atoms with E-state index in [1.807, 2.05) is 48.5 Å². The maximum absolute atomic E-state index is 12.4. The molecule has 31 heavy (non-hydrogen) atoms. The van der Waals surface area contributed by atoms with Crippen molar-refractivity contribution in [3.05, 3.63) is 60.3 Å². The summed E-state index contributed by atoms with van der Waals surface area (Å²) in [6.07, 6.45) is 2.69. The van der Waals surface area contributed by atoms with Crippen molar-refractivity contribution in [1.29, 1.82) is 0 Å². The fourth-order valence-electron chi connectivity index (χ4n) is 3.03. The minimum absolute atomic E-state index is 0.114. The number of rotatable bonds is 8. The quantitative estimate of drug-likeness (QED) is 0.383. The van der Waals surface area contributed by atoms with Gasteiger partial charge in [0.1, 0.15) is 0 Å². The fourth-order valence-corrected chi connectivity index (χ4v) is 4.88. The zero-order valence-electron chi connectivity index (χ0n) is 17.0. The first-order valence-corrected chi connectivity index (χ1v) is 11.2. The average molecular weight is 453 g/mol. The molecule has 2 aromatic carbocycles. The van der Waals surface area contributed by atoms with Gasteiger partial charge in [-0.15, -0.1) is 10.2 Å². The van der Waals surface area contributed by atoms with Crippen LogP contribution in [-0.4, -0.2) is 35.3 Å². The Balaban J connectivity index is 1.36. The number of nitrogens with one attached hydrogen (secondary N) is 1. The largest absolute Gasteiger partial charge is 0.493 e. The van der Waals surface area contributed by atoms with E-state index in [0.29, 0.717) is 29.5 Å². The Hall–Kier alpha value is -3.17. The molecule has 4 aromatic rings. The normalized spacial score (nSPS) is 10.8. The van der Waals surface area contributed by atoms with Crippen LogP contribution in [0.1, 0.15) is 12.0 Å². The third-order valence-electron chi connectivity index (χ3n) is 4.55. The van der Waals surface area contributed by atoms with E-state index in [4.69, 9.17) is 9.47 Å². The molecule has 1 N–H and O–H groups in total. The molecule has 158 valence electrons. The summed E-state index contributed by atoms with van der Waals surface area (Å²) in [5.41, 5.74) is 1.92. The van der Waals surface area contributed by atoms with Crippen molar-refractivity contribution in [2.24, 2.45) is 0 Å². The Kier molecular flexibility index (Phi) is 6.63. The molecule has 0 atom stereocenters. The SMILES string of the molecule is COc1ccc(CCC(=O)Nc2nnc(Sc3ccnc4ccccc34)s2)cc1OC. The van der Waals surface area contributed by atoms with E-state index in [0.717, 1.165) is 25.7 Å². The van der Waals surface area contributed by atoms with E-state index < -0.39 is 0 Å². The van der Waals surface area contributed by atoms with Gasteiger partial charge in [-0.05, 0) is 36.2 Å². The number of anilines is 1. The van der Waals surface area contributed by atoms with Crippen molar-refractivity contribution in [2.45, 2.75) is 22.1 Å². The van der Waals surface area contributed by atoms with E-state index >= 15 is 0 Å². The van der Waals surface area contributed by atoms with Gasteiger partial charge in [0.15, 0.2) is 15.8 Å². The molecule has 0 fully saturated rings. The summed E-state index contributed by atoms with van der Waals surface area (Å²) < 4.78 is 11.3. The summed E-state index contributed by atoms with van der Waals surface area (Å²) in [6.45, 7) is 0. The van der Waals surface area contributed by atoms with E-state index in [1.165, 1.54) is 23.1 Å². The third kappa shape index (κ3) is 5.12. The van der Waals surface area contributed by atoms with Gasteiger partial charge >= 0.3 is 0 Å². The van der Waals surface area contributed by atoms with Crippen LogP contribution < -0.4 is 14.8 Å². The Bertz CT molecular complexity index is 1210. The van der Waals surface area contributed by atoms with Crippen LogP contribution in [0.25, 0.3) is 10.9 Å². The lowest BCUT2D eigenvalue weighted by Crippen LogP contribution is -2.12. The van der Waals surface area contributed by atoms with Crippen molar-refractivity contribution in [3.8, 4) is 11.5 Å². The highest BCUT2D eigenvalue weighted by atomic mass is 32.2. The third-order valence-corrected chi connectivity index (χ3v) is 6.51. The van der Waals surface area contributed by atoms with E-state index in [2.05, 4.69) is 20.5 Å². The molecule has 9 heteroatoms. The fraction of sp³-hybridized carbons (Fsp3) is 0.182. The van der Waals surface area contributed by atoms with Crippen LogP contribution in [0.15, 0.2) is 64.0 Å².